The average molecular weight is 286 g/mol. The van der Waals surface area contributed by atoms with E-state index in [1.165, 1.54) is 6.07 Å². The standard InChI is InChI=1S/C13H22N2O3S/c1-4-13(5-2,9-16)15-19(17,18)12-8-11(14)7-6-10(12)3/h6-8,15-16H,4-5,9,14H2,1-3H3. The third-order valence-electron chi connectivity index (χ3n) is 3.51. The molecule has 0 fully saturated rings. The van der Waals surface area contributed by atoms with Crippen molar-refractivity contribution in [3.63, 3.8) is 0 Å². The summed E-state index contributed by atoms with van der Waals surface area (Å²) >= 11 is 0. The minimum absolute atomic E-state index is 0.159. The summed E-state index contributed by atoms with van der Waals surface area (Å²) in [6.45, 7) is 5.16. The third kappa shape index (κ3) is 3.46. The Bertz CT molecular complexity index is 529. The molecule has 1 aromatic carbocycles. The van der Waals surface area contributed by atoms with Gasteiger partial charge >= 0.3 is 0 Å². The van der Waals surface area contributed by atoms with Gasteiger partial charge in [-0.2, -0.15) is 0 Å². The number of anilines is 1. The molecule has 0 spiro atoms. The Hall–Kier alpha value is -1.11. The van der Waals surface area contributed by atoms with Gasteiger partial charge in [-0.15, -0.1) is 0 Å². The Balaban J connectivity index is 3.21. The minimum atomic E-state index is -3.70. The molecule has 0 aromatic heterocycles. The van der Waals surface area contributed by atoms with Gasteiger partial charge in [0.2, 0.25) is 10.0 Å². The molecule has 5 nitrogen and oxygen atoms in total. The molecule has 0 unspecified atom stereocenters. The highest BCUT2D eigenvalue weighted by Gasteiger charge is 2.32. The zero-order valence-corrected chi connectivity index (χ0v) is 12.4. The molecule has 1 aromatic rings. The largest absolute Gasteiger partial charge is 0.399 e. The molecule has 0 heterocycles. The summed E-state index contributed by atoms with van der Waals surface area (Å²) in [4.78, 5) is 0.159. The lowest BCUT2D eigenvalue weighted by molar-refractivity contribution is 0.172. The summed E-state index contributed by atoms with van der Waals surface area (Å²) in [7, 11) is -3.70. The summed E-state index contributed by atoms with van der Waals surface area (Å²) in [5, 5.41) is 9.46. The van der Waals surface area contributed by atoms with Gasteiger partial charge in [-0.1, -0.05) is 19.9 Å². The fourth-order valence-electron chi connectivity index (χ4n) is 1.90. The molecule has 4 N–H and O–H groups in total. The zero-order valence-electron chi connectivity index (χ0n) is 11.6. The van der Waals surface area contributed by atoms with Gasteiger partial charge in [-0.05, 0) is 37.5 Å². The number of aliphatic hydroxyl groups is 1. The number of nitrogens with two attached hydrogens (primary N) is 1. The Kier molecular flexibility index (Phi) is 4.95. The Morgan fingerprint density at radius 1 is 1.32 bits per heavy atom. The number of sulfonamides is 1. The molecule has 0 aliphatic rings. The number of rotatable bonds is 6. The number of hydrogen-bond donors (Lipinski definition) is 3. The summed E-state index contributed by atoms with van der Waals surface area (Å²) in [6.07, 6.45) is 1.03. The average Bonchev–Trinajstić information content (AvgIpc) is 2.39. The van der Waals surface area contributed by atoms with Crippen molar-refractivity contribution in [1.82, 2.24) is 4.72 Å². The first-order valence-electron chi connectivity index (χ1n) is 6.31. The molecular formula is C13H22N2O3S. The normalized spacial score (nSPS) is 12.6. The lowest BCUT2D eigenvalue weighted by Crippen LogP contribution is -2.50. The van der Waals surface area contributed by atoms with Crippen LogP contribution in [0.1, 0.15) is 32.3 Å². The molecular weight excluding hydrogens is 264 g/mol. The molecule has 0 bridgehead atoms. The number of nitrogen functional groups attached to an aromatic ring is 1. The van der Waals surface area contributed by atoms with Crippen LogP contribution >= 0.6 is 0 Å². The topological polar surface area (TPSA) is 92.4 Å². The van der Waals surface area contributed by atoms with E-state index in [0.717, 1.165) is 0 Å². The molecule has 0 radical (unpaired) electrons. The number of hydrogen-bond acceptors (Lipinski definition) is 4. The Morgan fingerprint density at radius 3 is 2.37 bits per heavy atom. The molecule has 0 aliphatic carbocycles. The first-order valence-corrected chi connectivity index (χ1v) is 7.79. The first-order chi connectivity index (χ1) is 8.80. The van der Waals surface area contributed by atoms with Crippen LogP contribution in [0.3, 0.4) is 0 Å². The van der Waals surface area contributed by atoms with Gasteiger partial charge in [0.25, 0.3) is 0 Å². The summed E-state index contributed by atoms with van der Waals surface area (Å²) in [5.74, 6) is 0. The highest BCUT2D eigenvalue weighted by Crippen LogP contribution is 2.23. The van der Waals surface area contributed by atoms with E-state index in [0.29, 0.717) is 24.1 Å². The van der Waals surface area contributed by atoms with Crippen molar-refractivity contribution in [1.29, 1.82) is 0 Å². The predicted octanol–water partition coefficient (Wildman–Crippen LogP) is 1.41. The van der Waals surface area contributed by atoms with E-state index in [2.05, 4.69) is 4.72 Å². The van der Waals surface area contributed by atoms with Crippen molar-refractivity contribution in [2.45, 2.75) is 44.0 Å². The van der Waals surface area contributed by atoms with Crippen LogP contribution in [0.4, 0.5) is 5.69 Å². The maximum atomic E-state index is 12.4. The van der Waals surface area contributed by atoms with Crippen LogP contribution in [0.5, 0.6) is 0 Å². The highest BCUT2D eigenvalue weighted by atomic mass is 32.2. The fraction of sp³-hybridized carbons (Fsp3) is 0.538. The second kappa shape index (κ2) is 5.90. The molecule has 0 aliphatic heterocycles. The van der Waals surface area contributed by atoms with Gasteiger partial charge in [0.05, 0.1) is 17.0 Å². The van der Waals surface area contributed by atoms with Crippen LogP contribution < -0.4 is 10.5 Å². The number of nitrogens with one attached hydrogen (secondary N) is 1. The van der Waals surface area contributed by atoms with Gasteiger partial charge in [0.15, 0.2) is 0 Å². The molecule has 0 saturated heterocycles. The minimum Gasteiger partial charge on any atom is -0.399 e. The summed E-state index contributed by atoms with van der Waals surface area (Å²) in [6, 6.07) is 4.76. The van der Waals surface area contributed by atoms with Crippen LogP contribution in [0.25, 0.3) is 0 Å². The molecule has 0 atom stereocenters. The van der Waals surface area contributed by atoms with Gasteiger partial charge < -0.3 is 10.8 Å². The number of aliphatic hydroxyl groups excluding tert-OH is 1. The third-order valence-corrected chi connectivity index (χ3v) is 5.23. The van der Waals surface area contributed by atoms with E-state index in [1.807, 2.05) is 13.8 Å². The lowest BCUT2D eigenvalue weighted by atomic mass is 9.96. The van der Waals surface area contributed by atoms with Gasteiger partial charge in [-0.25, -0.2) is 13.1 Å². The maximum Gasteiger partial charge on any atom is 0.241 e. The van der Waals surface area contributed by atoms with Crippen molar-refractivity contribution in [3.8, 4) is 0 Å². The van der Waals surface area contributed by atoms with Crippen LogP contribution in [-0.2, 0) is 10.0 Å². The van der Waals surface area contributed by atoms with Gasteiger partial charge in [0, 0.05) is 5.69 Å². The van der Waals surface area contributed by atoms with Crippen molar-refractivity contribution < 1.29 is 13.5 Å². The van der Waals surface area contributed by atoms with Crippen molar-refractivity contribution in [2.75, 3.05) is 12.3 Å². The van der Waals surface area contributed by atoms with E-state index in [1.54, 1.807) is 19.1 Å². The Labute approximate surface area is 114 Å². The van der Waals surface area contributed by atoms with Crippen LogP contribution in [0.2, 0.25) is 0 Å². The van der Waals surface area contributed by atoms with E-state index >= 15 is 0 Å². The number of aryl methyl sites for hydroxylation is 1. The monoisotopic (exact) mass is 286 g/mol. The molecule has 19 heavy (non-hydrogen) atoms. The van der Waals surface area contributed by atoms with Gasteiger partial charge in [0.1, 0.15) is 0 Å². The summed E-state index contributed by atoms with van der Waals surface area (Å²) < 4.78 is 27.4. The number of benzene rings is 1. The van der Waals surface area contributed by atoms with Crippen LogP contribution in [-0.4, -0.2) is 25.7 Å². The van der Waals surface area contributed by atoms with E-state index in [9.17, 15) is 13.5 Å². The molecule has 6 heteroatoms. The summed E-state index contributed by atoms with van der Waals surface area (Å²) in [5.41, 5.74) is 5.84. The molecule has 0 saturated carbocycles. The lowest BCUT2D eigenvalue weighted by Gasteiger charge is -2.30. The quantitative estimate of drug-likeness (QED) is 0.689. The van der Waals surface area contributed by atoms with Crippen molar-refractivity contribution in [2.24, 2.45) is 0 Å². The highest BCUT2D eigenvalue weighted by molar-refractivity contribution is 7.89. The first kappa shape index (κ1) is 15.9. The fourth-order valence-corrected chi connectivity index (χ4v) is 3.71. The molecule has 108 valence electrons. The molecule has 0 amide bonds. The van der Waals surface area contributed by atoms with E-state index in [4.69, 9.17) is 5.73 Å². The zero-order chi connectivity index (χ0) is 14.7. The second-order valence-electron chi connectivity index (χ2n) is 4.78. The van der Waals surface area contributed by atoms with Gasteiger partial charge in [-0.3, -0.25) is 0 Å². The van der Waals surface area contributed by atoms with Crippen LogP contribution in [0.15, 0.2) is 23.1 Å². The smallest absolute Gasteiger partial charge is 0.241 e. The maximum absolute atomic E-state index is 12.4. The van der Waals surface area contributed by atoms with Crippen molar-refractivity contribution >= 4 is 15.7 Å². The predicted molar refractivity (Wildman–Crippen MR) is 76.3 cm³/mol. The Morgan fingerprint density at radius 2 is 1.89 bits per heavy atom. The van der Waals surface area contributed by atoms with Crippen molar-refractivity contribution in [3.05, 3.63) is 23.8 Å². The van der Waals surface area contributed by atoms with Crippen LogP contribution in [0, 0.1) is 6.92 Å². The second-order valence-corrected chi connectivity index (χ2v) is 6.43. The van der Waals surface area contributed by atoms with E-state index in [-0.39, 0.29) is 11.5 Å². The SMILES string of the molecule is CCC(CC)(CO)NS(=O)(=O)c1cc(N)ccc1C. The molecule has 1 rings (SSSR count). The van der Waals surface area contributed by atoms with E-state index < -0.39 is 15.6 Å².